The summed E-state index contributed by atoms with van der Waals surface area (Å²) < 4.78 is 1.45. The smallest absolute Gasteiger partial charge is 0.258 e. The van der Waals surface area contributed by atoms with E-state index in [1.165, 1.54) is 16.8 Å². The van der Waals surface area contributed by atoms with Gasteiger partial charge in [-0.25, -0.2) is 4.98 Å². The van der Waals surface area contributed by atoms with E-state index in [1.54, 1.807) is 6.92 Å². The number of rotatable bonds is 2. The fourth-order valence-electron chi connectivity index (χ4n) is 1.19. The molecule has 0 aliphatic rings. The summed E-state index contributed by atoms with van der Waals surface area (Å²) in [5.74, 6) is 0.660. The van der Waals surface area contributed by atoms with Crippen LogP contribution in [0.5, 0.6) is 0 Å². The van der Waals surface area contributed by atoms with Gasteiger partial charge in [0.05, 0.1) is 0 Å². The highest BCUT2D eigenvalue weighted by atomic mass is 16.1. The Labute approximate surface area is 111 Å². The van der Waals surface area contributed by atoms with E-state index in [-0.39, 0.29) is 5.56 Å². The van der Waals surface area contributed by atoms with Crippen molar-refractivity contribution in [2.24, 2.45) is 0 Å². The molecule has 0 radical (unpaired) electrons. The first-order chi connectivity index (χ1) is 8.60. The minimum absolute atomic E-state index is 0.0938. The summed E-state index contributed by atoms with van der Waals surface area (Å²) in [6.07, 6.45) is 3.40. The highest BCUT2D eigenvalue weighted by Crippen LogP contribution is 2.09. The molecule has 0 amide bonds. The van der Waals surface area contributed by atoms with Gasteiger partial charge >= 0.3 is 0 Å². The topological polar surface area (TPSA) is 34.9 Å². The van der Waals surface area contributed by atoms with Crippen LogP contribution in [-0.2, 0) is 0 Å². The monoisotopic (exact) mass is 250 g/mol. The quantitative estimate of drug-likeness (QED) is 0.791. The van der Waals surface area contributed by atoms with E-state index in [9.17, 15) is 4.79 Å². The molecule has 0 bridgehead atoms. The normalized spacial score (nSPS) is 9.61. The Balaban J connectivity index is 0. The van der Waals surface area contributed by atoms with Crippen molar-refractivity contribution in [3.8, 4) is 0 Å². The van der Waals surface area contributed by atoms with Gasteiger partial charge in [0.25, 0.3) is 5.56 Å². The Morgan fingerprint density at radius 3 is 2.22 bits per heavy atom. The van der Waals surface area contributed by atoms with Gasteiger partial charge in [-0.2, -0.15) is 0 Å². The Kier molecular flexibility index (Phi) is 10.9. The van der Waals surface area contributed by atoms with Crippen LogP contribution in [0.3, 0.4) is 0 Å². The van der Waals surface area contributed by atoms with Crippen LogP contribution in [-0.4, -0.2) is 9.55 Å². The zero-order valence-corrected chi connectivity index (χ0v) is 12.7. The molecule has 0 atom stereocenters. The number of hydrogen-bond donors (Lipinski definition) is 0. The Morgan fingerprint density at radius 2 is 1.83 bits per heavy atom. The molecular weight excluding hydrogens is 224 g/mol. The molecule has 0 N–H and O–H groups in total. The highest BCUT2D eigenvalue weighted by Gasteiger charge is 2.05. The molecule has 0 aliphatic carbocycles. The number of nitrogens with zero attached hydrogens (tertiary/aromatic N) is 2. The molecule has 0 saturated carbocycles. The molecule has 1 heterocycles. The molecule has 1 rings (SSSR count). The van der Waals surface area contributed by atoms with Crippen LogP contribution in [0.25, 0.3) is 11.8 Å². The second-order valence-electron chi connectivity index (χ2n) is 3.08. The maximum absolute atomic E-state index is 11.5. The third-order valence-electron chi connectivity index (χ3n) is 2.05. The lowest BCUT2D eigenvalue weighted by Crippen LogP contribution is -2.20. The van der Waals surface area contributed by atoms with Gasteiger partial charge in [-0.3, -0.25) is 9.36 Å². The Bertz CT molecular complexity index is 442. The van der Waals surface area contributed by atoms with Crippen molar-refractivity contribution in [2.45, 2.75) is 48.5 Å². The van der Waals surface area contributed by atoms with Crippen LogP contribution in [0.4, 0.5) is 0 Å². The van der Waals surface area contributed by atoms with Gasteiger partial charge in [-0.15, -0.1) is 0 Å². The number of aromatic nitrogens is 2. The minimum Gasteiger partial charge on any atom is -0.269 e. The predicted molar refractivity (Wildman–Crippen MR) is 81.6 cm³/mol. The first-order valence-electron chi connectivity index (χ1n) is 6.46. The number of aryl methyl sites for hydroxylation is 1. The van der Waals surface area contributed by atoms with Crippen LogP contribution in [0, 0.1) is 6.92 Å². The number of hydrogen-bond acceptors (Lipinski definition) is 2. The summed E-state index contributed by atoms with van der Waals surface area (Å²) in [7, 11) is 0. The zero-order chi connectivity index (χ0) is 14.7. The van der Waals surface area contributed by atoms with E-state index in [1.807, 2.05) is 47.6 Å². The minimum atomic E-state index is -0.0938. The molecule has 0 fully saturated rings. The highest BCUT2D eigenvalue weighted by molar-refractivity contribution is 5.59. The maximum Gasteiger partial charge on any atom is 0.258 e. The van der Waals surface area contributed by atoms with Gasteiger partial charge in [-0.1, -0.05) is 40.3 Å². The van der Waals surface area contributed by atoms with Gasteiger partial charge in [0.2, 0.25) is 0 Å². The molecule has 102 valence electrons. The molecule has 0 spiro atoms. The summed E-state index contributed by atoms with van der Waals surface area (Å²) in [4.78, 5) is 15.8. The van der Waals surface area contributed by atoms with E-state index in [2.05, 4.69) is 11.6 Å². The molecular formula is C15H26N2O. The van der Waals surface area contributed by atoms with Gasteiger partial charge < -0.3 is 0 Å². The van der Waals surface area contributed by atoms with E-state index in [4.69, 9.17) is 0 Å². The first kappa shape index (κ1) is 18.7. The Morgan fingerprint density at radius 1 is 1.33 bits per heavy atom. The summed E-state index contributed by atoms with van der Waals surface area (Å²) in [5, 5.41) is 0. The van der Waals surface area contributed by atoms with E-state index < -0.39 is 0 Å². The molecule has 3 nitrogen and oxygen atoms in total. The van der Waals surface area contributed by atoms with Gasteiger partial charge in [0.1, 0.15) is 5.82 Å². The average molecular weight is 250 g/mol. The van der Waals surface area contributed by atoms with Crippen molar-refractivity contribution in [3.05, 3.63) is 40.6 Å². The van der Waals surface area contributed by atoms with Crippen LogP contribution in [0.1, 0.15) is 53.1 Å². The molecule has 1 aromatic heterocycles. The van der Waals surface area contributed by atoms with Crippen LogP contribution >= 0.6 is 0 Å². The lowest BCUT2D eigenvalue weighted by Gasteiger charge is -2.07. The summed E-state index contributed by atoms with van der Waals surface area (Å²) in [5.41, 5.74) is 1.60. The molecule has 3 heteroatoms. The predicted octanol–water partition coefficient (Wildman–Crippen LogP) is 4.13. The van der Waals surface area contributed by atoms with Crippen LogP contribution in [0.15, 0.2) is 23.5 Å². The fraction of sp³-hybridized carbons (Fsp3) is 0.467. The van der Waals surface area contributed by atoms with E-state index in [0.717, 1.165) is 11.3 Å². The second kappa shape index (κ2) is 10.5. The first-order valence-corrected chi connectivity index (χ1v) is 6.46. The van der Waals surface area contributed by atoms with Crippen molar-refractivity contribution in [3.63, 3.8) is 0 Å². The lowest BCUT2D eigenvalue weighted by atomic mass is 10.2. The second-order valence-corrected chi connectivity index (χ2v) is 3.08. The molecule has 0 aliphatic heterocycles. The van der Waals surface area contributed by atoms with Crippen molar-refractivity contribution in [1.29, 1.82) is 0 Å². The van der Waals surface area contributed by atoms with Gasteiger partial charge in [0.15, 0.2) is 0 Å². The van der Waals surface area contributed by atoms with Gasteiger partial charge in [0, 0.05) is 18.0 Å². The Hall–Kier alpha value is -1.64. The maximum atomic E-state index is 11.5. The van der Waals surface area contributed by atoms with Crippen molar-refractivity contribution in [2.75, 3.05) is 0 Å². The zero-order valence-electron chi connectivity index (χ0n) is 12.7. The van der Waals surface area contributed by atoms with Crippen LogP contribution < -0.4 is 5.56 Å². The van der Waals surface area contributed by atoms with E-state index >= 15 is 0 Å². The molecule has 0 saturated heterocycles. The van der Waals surface area contributed by atoms with Crippen LogP contribution in [0.2, 0.25) is 0 Å². The lowest BCUT2D eigenvalue weighted by molar-refractivity contribution is 0.930. The third kappa shape index (κ3) is 5.13. The van der Waals surface area contributed by atoms with E-state index in [0.29, 0.717) is 5.82 Å². The SMILES string of the molecule is C=Cn1c(/C(C)=C\C)nc(C)cc1=O.CC.CC. The molecule has 1 aromatic rings. The fourth-order valence-corrected chi connectivity index (χ4v) is 1.19. The largest absolute Gasteiger partial charge is 0.269 e. The summed E-state index contributed by atoms with van der Waals surface area (Å²) in [6, 6.07) is 1.49. The number of allylic oxidation sites excluding steroid dienone is 2. The molecule has 0 unspecified atom stereocenters. The summed E-state index contributed by atoms with van der Waals surface area (Å²) in [6.45, 7) is 17.2. The summed E-state index contributed by atoms with van der Waals surface area (Å²) >= 11 is 0. The molecule has 0 aromatic carbocycles. The van der Waals surface area contributed by atoms with Gasteiger partial charge in [-0.05, 0) is 26.3 Å². The third-order valence-corrected chi connectivity index (χ3v) is 2.05. The molecule has 18 heavy (non-hydrogen) atoms. The average Bonchev–Trinajstić information content (AvgIpc) is 2.41. The standard InChI is InChI=1S/C11H14N2O.2C2H6/c1-5-8(3)11-12-9(4)7-10(14)13(11)6-2;2*1-2/h5-7H,2H2,1,3-4H3;2*1-2H3/b8-5-;;. The van der Waals surface area contributed by atoms with Crippen molar-refractivity contribution < 1.29 is 0 Å². The van der Waals surface area contributed by atoms with Crippen molar-refractivity contribution >= 4 is 11.8 Å². The van der Waals surface area contributed by atoms with Crippen molar-refractivity contribution in [1.82, 2.24) is 9.55 Å².